The van der Waals surface area contributed by atoms with Gasteiger partial charge in [0.25, 0.3) is 10.1 Å². The molecule has 0 heterocycles. The van der Waals surface area contributed by atoms with E-state index in [1.807, 2.05) is 6.92 Å². The Morgan fingerprint density at radius 3 is 0.926 bits per heavy atom. The van der Waals surface area contributed by atoms with E-state index in [1.165, 1.54) is 12.1 Å². The van der Waals surface area contributed by atoms with Crippen LogP contribution in [0.15, 0.2) is 29.2 Å². The first-order valence-electron chi connectivity index (χ1n) is 18.9. The van der Waals surface area contributed by atoms with Crippen molar-refractivity contribution >= 4 is 18.4 Å². The number of benzene rings is 1. The molecular weight excluding hydrogens is 745 g/mol. The van der Waals surface area contributed by atoms with Crippen LogP contribution in [0.2, 0.25) is 18.1 Å². The summed E-state index contributed by atoms with van der Waals surface area (Å²) in [5.41, 5.74) is 0.974. The highest BCUT2D eigenvalue weighted by atomic mass is 32.2. The maximum atomic E-state index is 12.1. The van der Waals surface area contributed by atoms with Gasteiger partial charge in [-0.3, -0.25) is 4.18 Å². The summed E-state index contributed by atoms with van der Waals surface area (Å²) in [6, 6.07) is 6.48. The molecule has 0 aromatic heterocycles. The maximum Gasteiger partial charge on any atom is 0.297 e. The minimum Gasteiger partial charge on any atom is -0.414 e. The van der Waals surface area contributed by atoms with Crippen LogP contribution < -0.4 is 0 Å². The molecule has 0 atom stereocenters. The van der Waals surface area contributed by atoms with Crippen LogP contribution in [0.25, 0.3) is 0 Å². The molecule has 1 rings (SSSR count). The van der Waals surface area contributed by atoms with Gasteiger partial charge in [-0.25, -0.2) is 0 Å². The third kappa shape index (κ3) is 29.2. The van der Waals surface area contributed by atoms with E-state index in [2.05, 4.69) is 33.9 Å². The zero-order chi connectivity index (χ0) is 39.6. The van der Waals surface area contributed by atoms with Crippen LogP contribution in [0.3, 0.4) is 0 Å². The fourth-order valence-electron chi connectivity index (χ4n) is 3.85. The number of hydrogen-bond acceptors (Lipinski definition) is 15. The molecule has 0 bridgehead atoms. The largest absolute Gasteiger partial charge is 0.414 e. The number of hydrogen-bond donors (Lipinski definition) is 0. The molecule has 0 N–H and O–H groups in total. The van der Waals surface area contributed by atoms with Gasteiger partial charge in [0.2, 0.25) is 0 Å². The lowest BCUT2D eigenvalue weighted by molar-refractivity contribution is -0.0279. The molecule has 1 aromatic carbocycles. The monoisotopic (exact) mass is 814 g/mol. The lowest BCUT2D eigenvalue weighted by Gasteiger charge is -2.36. The maximum absolute atomic E-state index is 12.1. The Labute approximate surface area is 326 Å². The van der Waals surface area contributed by atoms with Gasteiger partial charge < -0.3 is 56.5 Å². The summed E-state index contributed by atoms with van der Waals surface area (Å²) in [5.74, 6) is 0. The Kier molecular flexibility index (Phi) is 31.0. The highest BCUT2D eigenvalue weighted by molar-refractivity contribution is 7.86. The fourth-order valence-corrected chi connectivity index (χ4v) is 5.77. The third-order valence-electron chi connectivity index (χ3n) is 7.99. The number of rotatable bonds is 39. The highest BCUT2D eigenvalue weighted by Gasteiger charge is 2.36. The molecule has 318 valence electrons. The highest BCUT2D eigenvalue weighted by Crippen LogP contribution is 2.36. The summed E-state index contributed by atoms with van der Waals surface area (Å²) in [6.45, 7) is 23.8. The average molecular weight is 815 g/mol. The van der Waals surface area contributed by atoms with Crippen molar-refractivity contribution in [3.8, 4) is 0 Å². The Morgan fingerprint density at radius 1 is 0.426 bits per heavy atom. The van der Waals surface area contributed by atoms with Gasteiger partial charge in [0.15, 0.2) is 8.32 Å². The van der Waals surface area contributed by atoms with E-state index in [0.717, 1.165) is 5.56 Å². The molecule has 0 aliphatic carbocycles. The van der Waals surface area contributed by atoms with Crippen molar-refractivity contribution in [2.45, 2.75) is 50.7 Å². The fraction of sp³-hybridized carbons (Fsp3) is 0.838. The van der Waals surface area contributed by atoms with Crippen LogP contribution in [-0.2, 0) is 70.8 Å². The van der Waals surface area contributed by atoms with E-state index >= 15 is 0 Å². The van der Waals surface area contributed by atoms with Gasteiger partial charge in [0.05, 0.1) is 163 Å². The molecule has 0 fully saturated rings. The van der Waals surface area contributed by atoms with Gasteiger partial charge >= 0.3 is 0 Å². The summed E-state index contributed by atoms with van der Waals surface area (Å²) < 4.78 is 95.5. The van der Waals surface area contributed by atoms with E-state index in [0.29, 0.717) is 145 Å². The van der Waals surface area contributed by atoms with E-state index in [-0.39, 0.29) is 23.1 Å². The summed E-state index contributed by atoms with van der Waals surface area (Å²) in [4.78, 5) is 0.127. The molecule has 15 nitrogen and oxygen atoms in total. The topological polar surface area (TPSA) is 154 Å². The second-order valence-electron chi connectivity index (χ2n) is 13.4. The first-order valence-corrected chi connectivity index (χ1v) is 23.2. The second kappa shape index (κ2) is 32.9. The first-order chi connectivity index (χ1) is 26.0. The first kappa shape index (κ1) is 50.9. The minimum absolute atomic E-state index is 0.0608. The summed E-state index contributed by atoms with van der Waals surface area (Å²) >= 11 is 0. The zero-order valence-corrected chi connectivity index (χ0v) is 35.6. The van der Waals surface area contributed by atoms with Crippen LogP contribution in [-0.4, -0.2) is 175 Å². The van der Waals surface area contributed by atoms with Gasteiger partial charge in [-0.2, -0.15) is 8.42 Å². The second-order valence-corrected chi connectivity index (χ2v) is 19.9. The van der Waals surface area contributed by atoms with Crippen molar-refractivity contribution in [1.29, 1.82) is 0 Å². The Hall–Kier alpha value is -1.13. The molecule has 1 aromatic rings. The molecule has 0 saturated heterocycles. The van der Waals surface area contributed by atoms with Crippen LogP contribution in [0.4, 0.5) is 0 Å². The van der Waals surface area contributed by atoms with Gasteiger partial charge in [-0.1, -0.05) is 38.5 Å². The van der Waals surface area contributed by atoms with Crippen molar-refractivity contribution < 1.29 is 69.1 Å². The number of aryl methyl sites for hydroxylation is 1. The quantitative estimate of drug-likeness (QED) is 0.0536. The minimum atomic E-state index is -3.78. The van der Waals surface area contributed by atoms with Gasteiger partial charge in [-0.15, -0.1) is 0 Å². The van der Waals surface area contributed by atoms with Gasteiger partial charge in [0.1, 0.15) is 0 Å². The average Bonchev–Trinajstić information content (AvgIpc) is 3.12. The normalized spacial score (nSPS) is 12.6. The SMILES string of the molecule is Cc1ccc(S(=O)(=O)OCCOCCOCCOCCOCCOCCOCCOCCOCCOCCOCCOCCO[Si](C)(C)C(C)(C)C)cc1. The molecule has 0 saturated carbocycles. The predicted octanol–water partition coefficient (Wildman–Crippen LogP) is 3.90. The molecule has 0 amide bonds. The molecule has 0 spiro atoms. The molecule has 0 radical (unpaired) electrons. The standard InChI is InChI=1S/C37H70O15SSi/c1-35-7-9-36(10-8-35)53(38,39)51-33-31-49-29-27-47-25-23-45-21-19-43-17-15-41-13-11-40-12-14-42-16-18-44-20-22-46-24-26-48-28-30-50-32-34-52-54(5,6)37(2,3)4/h7-10H,11-34H2,1-6H3. The molecule has 0 aliphatic heterocycles. The molecule has 0 unspecified atom stereocenters. The summed E-state index contributed by atoms with van der Waals surface area (Å²) in [6.07, 6.45) is 0. The van der Waals surface area contributed by atoms with Crippen molar-refractivity contribution in [2.24, 2.45) is 0 Å². The molecule has 54 heavy (non-hydrogen) atoms. The Bertz CT molecular complexity index is 1090. The summed E-state index contributed by atoms with van der Waals surface area (Å²) in [7, 11) is -5.49. The van der Waals surface area contributed by atoms with Crippen molar-refractivity contribution in [3.63, 3.8) is 0 Å². The van der Waals surface area contributed by atoms with Crippen LogP contribution in [0, 0.1) is 6.92 Å². The molecule has 0 aliphatic rings. The van der Waals surface area contributed by atoms with E-state index in [4.69, 9.17) is 60.7 Å². The van der Waals surface area contributed by atoms with Crippen LogP contribution >= 0.6 is 0 Å². The van der Waals surface area contributed by atoms with Crippen molar-refractivity contribution in [3.05, 3.63) is 29.8 Å². The van der Waals surface area contributed by atoms with Crippen molar-refractivity contribution in [1.82, 2.24) is 0 Å². The lowest BCUT2D eigenvalue weighted by atomic mass is 10.2. The van der Waals surface area contributed by atoms with E-state index in [1.54, 1.807) is 12.1 Å². The Morgan fingerprint density at radius 2 is 0.667 bits per heavy atom. The third-order valence-corrected chi connectivity index (χ3v) is 13.9. The summed E-state index contributed by atoms with van der Waals surface area (Å²) in [5, 5.41) is 0.209. The van der Waals surface area contributed by atoms with Crippen molar-refractivity contribution in [2.75, 3.05) is 159 Å². The van der Waals surface area contributed by atoms with Crippen LogP contribution in [0.1, 0.15) is 26.3 Å². The zero-order valence-electron chi connectivity index (χ0n) is 33.8. The van der Waals surface area contributed by atoms with Crippen LogP contribution in [0.5, 0.6) is 0 Å². The Balaban J connectivity index is 1.68. The molecule has 17 heteroatoms. The molecular formula is C37H70O15SSi. The van der Waals surface area contributed by atoms with Gasteiger partial charge in [-0.05, 0) is 37.2 Å². The number of ether oxygens (including phenoxy) is 11. The smallest absolute Gasteiger partial charge is 0.297 e. The van der Waals surface area contributed by atoms with E-state index in [9.17, 15) is 8.42 Å². The predicted molar refractivity (Wildman–Crippen MR) is 206 cm³/mol. The van der Waals surface area contributed by atoms with E-state index < -0.39 is 18.4 Å². The van der Waals surface area contributed by atoms with Gasteiger partial charge in [0, 0.05) is 0 Å². The lowest BCUT2D eigenvalue weighted by Crippen LogP contribution is -2.41.